The van der Waals surface area contributed by atoms with Crippen LogP contribution in [0, 0.1) is 0 Å². The molecule has 3 rings (SSSR count). The fourth-order valence-electron chi connectivity index (χ4n) is 2.63. The molecule has 100 valence electrons. The molecule has 0 amide bonds. The molecule has 1 aliphatic carbocycles. The Kier molecular flexibility index (Phi) is 3.29. The predicted molar refractivity (Wildman–Crippen MR) is 76.5 cm³/mol. The molecule has 1 fully saturated rings. The average molecular weight is 278 g/mol. The number of nitrogens with zero attached hydrogens (tertiary/aromatic N) is 2. The van der Waals surface area contributed by atoms with Gasteiger partial charge in [0.1, 0.15) is 12.1 Å². The van der Waals surface area contributed by atoms with Gasteiger partial charge >= 0.3 is 0 Å². The van der Waals surface area contributed by atoms with Crippen molar-refractivity contribution in [3.63, 3.8) is 0 Å². The summed E-state index contributed by atoms with van der Waals surface area (Å²) in [5, 5.41) is 15.2. The van der Waals surface area contributed by atoms with Crippen molar-refractivity contribution in [2.24, 2.45) is 0 Å². The highest BCUT2D eigenvalue weighted by Gasteiger charge is 2.30. The Morgan fingerprint density at radius 3 is 2.84 bits per heavy atom. The molecule has 2 N–H and O–H groups in total. The molecule has 1 aliphatic rings. The molecular weight excluding hydrogens is 262 g/mol. The van der Waals surface area contributed by atoms with Gasteiger partial charge in [0.05, 0.1) is 11.1 Å². The lowest BCUT2D eigenvalue weighted by atomic mass is 10.0. The fourth-order valence-corrected chi connectivity index (χ4v) is 2.80. The summed E-state index contributed by atoms with van der Waals surface area (Å²) < 4.78 is 0. The molecule has 1 aromatic heterocycles. The molecule has 0 bridgehead atoms. The normalized spacial score (nSPS) is 17.8. The lowest BCUT2D eigenvalue weighted by Gasteiger charge is -2.23. The van der Waals surface area contributed by atoms with Crippen LogP contribution >= 0.6 is 11.6 Å². The second-order valence-corrected chi connectivity index (χ2v) is 5.61. The Hall–Kier alpha value is -1.39. The monoisotopic (exact) mass is 277 g/mol. The topological polar surface area (TPSA) is 58.0 Å². The summed E-state index contributed by atoms with van der Waals surface area (Å²) in [6.45, 7) is 0.530. The molecule has 1 aromatic carbocycles. The number of fused-ring (bicyclic) bond motifs is 1. The highest BCUT2D eigenvalue weighted by Crippen LogP contribution is 2.30. The van der Waals surface area contributed by atoms with Crippen LogP contribution in [0.3, 0.4) is 0 Å². The summed E-state index contributed by atoms with van der Waals surface area (Å²) in [6.07, 6.45) is 5.42. The van der Waals surface area contributed by atoms with Crippen LogP contribution in [0.1, 0.15) is 25.7 Å². The molecule has 0 unspecified atom stereocenters. The molecule has 0 saturated heterocycles. The number of aliphatic hydroxyl groups is 1. The highest BCUT2D eigenvalue weighted by atomic mass is 35.5. The Morgan fingerprint density at radius 2 is 2.05 bits per heavy atom. The van der Waals surface area contributed by atoms with E-state index < -0.39 is 5.60 Å². The summed E-state index contributed by atoms with van der Waals surface area (Å²) in [6, 6.07) is 5.54. The first-order chi connectivity index (χ1) is 9.16. The molecule has 1 heterocycles. The minimum atomic E-state index is -0.594. The second kappa shape index (κ2) is 4.94. The van der Waals surface area contributed by atoms with Crippen molar-refractivity contribution in [1.29, 1.82) is 0 Å². The Bertz CT molecular complexity index is 596. The zero-order valence-electron chi connectivity index (χ0n) is 10.6. The summed E-state index contributed by atoms with van der Waals surface area (Å²) in [4.78, 5) is 8.45. The van der Waals surface area contributed by atoms with Crippen molar-refractivity contribution in [3.05, 3.63) is 29.5 Å². The van der Waals surface area contributed by atoms with Crippen LogP contribution in [0.5, 0.6) is 0 Å². The Morgan fingerprint density at radius 1 is 1.26 bits per heavy atom. The molecular formula is C14H16ClN3O. The van der Waals surface area contributed by atoms with Gasteiger partial charge in [-0.15, -0.1) is 0 Å². The Labute approximate surface area is 116 Å². The lowest BCUT2D eigenvalue weighted by molar-refractivity contribution is 0.0614. The summed E-state index contributed by atoms with van der Waals surface area (Å²) >= 11 is 5.95. The van der Waals surface area contributed by atoms with Gasteiger partial charge in [-0.2, -0.15) is 0 Å². The first kappa shape index (κ1) is 12.6. The quantitative estimate of drug-likeness (QED) is 0.905. The van der Waals surface area contributed by atoms with Crippen LogP contribution in [-0.2, 0) is 0 Å². The largest absolute Gasteiger partial charge is 0.388 e. The van der Waals surface area contributed by atoms with Gasteiger partial charge in [-0.3, -0.25) is 0 Å². The van der Waals surface area contributed by atoms with Crippen molar-refractivity contribution in [1.82, 2.24) is 9.97 Å². The van der Waals surface area contributed by atoms with Crippen molar-refractivity contribution in [2.75, 3.05) is 11.9 Å². The van der Waals surface area contributed by atoms with Gasteiger partial charge in [-0.25, -0.2) is 9.97 Å². The molecule has 4 nitrogen and oxygen atoms in total. The van der Waals surface area contributed by atoms with E-state index in [1.165, 1.54) is 6.33 Å². The molecule has 0 atom stereocenters. The summed E-state index contributed by atoms with van der Waals surface area (Å²) in [5.74, 6) is 0.752. The second-order valence-electron chi connectivity index (χ2n) is 5.17. The van der Waals surface area contributed by atoms with Crippen LogP contribution in [0.2, 0.25) is 5.02 Å². The third-order valence-corrected chi connectivity index (χ3v) is 3.95. The molecule has 1 saturated carbocycles. The highest BCUT2D eigenvalue weighted by molar-refractivity contribution is 6.31. The van der Waals surface area contributed by atoms with Gasteiger partial charge in [-0.05, 0) is 31.0 Å². The van der Waals surface area contributed by atoms with Crippen LogP contribution in [0.4, 0.5) is 5.82 Å². The van der Waals surface area contributed by atoms with Crippen molar-refractivity contribution in [2.45, 2.75) is 31.3 Å². The van der Waals surface area contributed by atoms with Crippen molar-refractivity contribution in [3.8, 4) is 0 Å². The van der Waals surface area contributed by atoms with Crippen LogP contribution < -0.4 is 5.32 Å². The van der Waals surface area contributed by atoms with E-state index in [4.69, 9.17) is 11.6 Å². The molecule has 0 aliphatic heterocycles. The van der Waals surface area contributed by atoms with E-state index in [1.807, 2.05) is 18.2 Å². The molecule has 19 heavy (non-hydrogen) atoms. The average Bonchev–Trinajstić information content (AvgIpc) is 2.83. The third-order valence-electron chi connectivity index (χ3n) is 3.72. The number of hydrogen-bond acceptors (Lipinski definition) is 4. The molecule has 0 spiro atoms. The van der Waals surface area contributed by atoms with Crippen LogP contribution in [-0.4, -0.2) is 27.2 Å². The number of nitrogens with one attached hydrogen (secondary N) is 1. The summed E-state index contributed by atoms with van der Waals surface area (Å²) in [5.41, 5.74) is 0.215. The zero-order chi connectivity index (χ0) is 13.3. The van der Waals surface area contributed by atoms with Gasteiger partial charge in [-0.1, -0.05) is 24.4 Å². The van der Waals surface area contributed by atoms with Gasteiger partial charge < -0.3 is 10.4 Å². The minimum Gasteiger partial charge on any atom is -0.388 e. The van der Waals surface area contributed by atoms with E-state index in [2.05, 4.69) is 15.3 Å². The van der Waals surface area contributed by atoms with Gasteiger partial charge in [0.15, 0.2) is 0 Å². The SMILES string of the molecule is OC1(CNc2ncnc3cc(Cl)ccc23)CCCC1. The minimum absolute atomic E-state index is 0.530. The molecule has 5 heteroatoms. The zero-order valence-corrected chi connectivity index (χ0v) is 11.3. The van der Waals surface area contributed by atoms with E-state index in [1.54, 1.807) is 0 Å². The smallest absolute Gasteiger partial charge is 0.137 e. The van der Waals surface area contributed by atoms with Crippen LogP contribution in [0.15, 0.2) is 24.5 Å². The first-order valence-corrected chi connectivity index (χ1v) is 6.91. The number of anilines is 1. The van der Waals surface area contributed by atoms with E-state index >= 15 is 0 Å². The van der Waals surface area contributed by atoms with Gasteiger partial charge in [0.25, 0.3) is 0 Å². The maximum Gasteiger partial charge on any atom is 0.137 e. The van der Waals surface area contributed by atoms with E-state index in [-0.39, 0.29) is 0 Å². The van der Waals surface area contributed by atoms with E-state index in [0.717, 1.165) is 42.4 Å². The standard InChI is InChI=1S/C14H16ClN3O/c15-10-3-4-11-12(7-10)17-9-18-13(11)16-8-14(19)5-1-2-6-14/h3-4,7,9,19H,1-2,5-6,8H2,(H,16,17,18). The van der Waals surface area contributed by atoms with Crippen molar-refractivity contribution >= 4 is 28.3 Å². The first-order valence-electron chi connectivity index (χ1n) is 6.53. The number of halogens is 1. The number of rotatable bonds is 3. The fraction of sp³-hybridized carbons (Fsp3) is 0.429. The Balaban J connectivity index is 1.84. The van der Waals surface area contributed by atoms with Gasteiger partial charge in [0.2, 0.25) is 0 Å². The van der Waals surface area contributed by atoms with E-state index in [9.17, 15) is 5.11 Å². The molecule has 2 aromatic rings. The molecule has 0 radical (unpaired) electrons. The predicted octanol–water partition coefficient (Wildman–Crippen LogP) is 3.00. The van der Waals surface area contributed by atoms with Crippen molar-refractivity contribution < 1.29 is 5.11 Å². The number of aromatic nitrogens is 2. The summed E-state index contributed by atoms with van der Waals surface area (Å²) in [7, 11) is 0. The maximum atomic E-state index is 10.3. The van der Waals surface area contributed by atoms with Gasteiger partial charge in [0, 0.05) is 17.0 Å². The maximum absolute atomic E-state index is 10.3. The number of benzene rings is 1. The lowest BCUT2D eigenvalue weighted by Crippen LogP contribution is -2.33. The number of hydrogen-bond donors (Lipinski definition) is 2. The third kappa shape index (κ3) is 2.65. The van der Waals surface area contributed by atoms with E-state index in [0.29, 0.717) is 11.6 Å². The van der Waals surface area contributed by atoms with Crippen LogP contribution in [0.25, 0.3) is 10.9 Å².